The molecule has 0 bridgehead atoms. The Bertz CT molecular complexity index is 746. The Hall–Kier alpha value is -2.44. The van der Waals surface area contributed by atoms with Gasteiger partial charge in [-0.25, -0.2) is 9.37 Å². The lowest BCUT2D eigenvalue weighted by molar-refractivity contribution is -0.135. The molecule has 1 amide bonds. The summed E-state index contributed by atoms with van der Waals surface area (Å²) in [5.74, 6) is 1.30. The molecule has 7 heteroatoms. The van der Waals surface area contributed by atoms with Crippen molar-refractivity contribution in [1.82, 2.24) is 20.1 Å². The molecule has 3 rings (SSSR count). The molecule has 0 saturated carbocycles. The second-order valence-electron chi connectivity index (χ2n) is 6.35. The molecule has 6 nitrogen and oxygen atoms in total. The van der Waals surface area contributed by atoms with Gasteiger partial charge < -0.3 is 9.64 Å². The topological polar surface area (TPSA) is 71.1 Å². The Kier molecular flexibility index (Phi) is 5.31. The van der Waals surface area contributed by atoms with Crippen LogP contribution in [0.3, 0.4) is 0 Å². The standard InChI is InChI=1S/C18H23FN4O2/c1-12-20-18(22-21-12)15-5-3-4-10-23(15)17(24)9-7-13-6-8-16(25-2)14(19)11-13/h6,8,11,15H,3-5,7,9-10H2,1-2H3,(H,20,21,22)/t15-/m1/s1. The van der Waals surface area contributed by atoms with E-state index in [0.29, 0.717) is 25.2 Å². The maximum Gasteiger partial charge on any atom is 0.223 e. The van der Waals surface area contributed by atoms with Gasteiger partial charge in [-0.2, -0.15) is 5.10 Å². The largest absolute Gasteiger partial charge is 0.494 e. The van der Waals surface area contributed by atoms with Crippen LogP contribution in [0.1, 0.15) is 48.9 Å². The van der Waals surface area contributed by atoms with Crippen LogP contribution in [0.5, 0.6) is 5.75 Å². The predicted octanol–water partition coefficient (Wildman–Crippen LogP) is 2.95. The maximum atomic E-state index is 13.8. The summed E-state index contributed by atoms with van der Waals surface area (Å²) in [7, 11) is 1.43. The maximum absolute atomic E-state index is 13.8. The van der Waals surface area contributed by atoms with E-state index in [1.54, 1.807) is 12.1 Å². The molecule has 1 aromatic carbocycles. The number of carbonyl (C=O) groups excluding carboxylic acids is 1. The van der Waals surface area contributed by atoms with Crippen molar-refractivity contribution in [2.24, 2.45) is 0 Å². The average Bonchev–Trinajstić information content (AvgIpc) is 3.06. The Morgan fingerprint density at radius 2 is 2.28 bits per heavy atom. The fourth-order valence-corrected chi connectivity index (χ4v) is 3.27. The number of likely N-dealkylation sites (tertiary alicyclic amines) is 1. The van der Waals surface area contributed by atoms with Crippen LogP contribution in [-0.2, 0) is 11.2 Å². The van der Waals surface area contributed by atoms with Crippen LogP contribution in [0.4, 0.5) is 4.39 Å². The van der Waals surface area contributed by atoms with Crippen molar-refractivity contribution in [2.75, 3.05) is 13.7 Å². The Balaban J connectivity index is 1.65. The number of aromatic amines is 1. The first kappa shape index (κ1) is 17.4. The van der Waals surface area contributed by atoms with Crippen molar-refractivity contribution in [3.8, 4) is 5.75 Å². The number of H-pyrrole nitrogens is 1. The molecule has 2 aromatic rings. The predicted molar refractivity (Wildman–Crippen MR) is 90.7 cm³/mol. The van der Waals surface area contributed by atoms with E-state index in [1.165, 1.54) is 13.2 Å². The molecule has 25 heavy (non-hydrogen) atoms. The summed E-state index contributed by atoms with van der Waals surface area (Å²) in [6, 6.07) is 4.74. The van der Waals surface area contributed by atoms with Gasteiger partial charge in [-0.15, -0.1) is 0 Å². The molecule has 1 N–H and O–H groups in total. The highest BCUT2D eigenvalue weighted by molar-refractivity contribution is 5.77. The van der Waals surface area contributed by atoms with Gasteiger partial charge in [0, 0.05) is 13.0 Å². The summed E-state index contributed by atoms with van der Waals surface area (Å²) in [4.78, 5) is 19.0. The monoisotopic (exact) mass is 346 g/mol. The van der Waals surface area contributed by atoms with Crippen molar-refractivity contribution in [3.05, 3.63) is 41.2 Å². The molecule has 1 aliphatic rings. The first-order valence-corrected chi connectivity index (χ1v) is 8.59. The van der Waals surface area contributed by atoms with Gasteiger partial charge in [0.1, 0.15) is 5.82 Å². The van der Waals surface area contributed by atoms with Gasteiger partial charge in [0.25, 0.3) is 0 Å². The Labute approximate surface area is 146 Å². The van der Waals surface area contributed by atoms with E-state index in [2.05, 4.69) is 15.2 Å². The first-order chi connectivity index (χ1) is 12.1. The van der Waals surface area contributed by atoms with Crippen molar-refractivity contribution in [2.45, 2.75) is 45.1 Å². The van der Waals surface area contributed by atoms with Crippen molar-refractivity contribution in [1.29, 1.82) is 0 Å². The van der Waals surface area contributed by atoms with Gasteiger partial charge in [-0.1, -0.05) is 6.07 Å². The van der Waals surface area contributed by atoms with Crippen LogP contribution in [0.2, 0.25) is 0 Å². The number of carbonyl (C=O) groups is 1. The third-order valence-corrected chi connectivity index (χ3v) is 4.58. The minimum atomic E-state index is -0.403. The molecule has 1 saturated heterocycles. The molecule has 0 unspecified atom stereocenters. The fraction of sp³-hybridized carbons (Fsp3) is 0.500. The summed E-state index contributed by atoms with van der Waals surface area (Å²) in [5.41, 5.74) is 0.786. The van der Waals surface area contributed by atoms with E-state index in [9.17, 15) is 9.18 Å². The molecule has 1 atom stereocenters. The molecule has 2 heterocycles. The zero-order valence-corrected chi connectivity index (χ0v) is 14.6. The smallest absolute Gasteiger partial charge is 0.223 e. The van der Waals surface area contributed by atoms with E-state index < -0.39 is 5.82 Å². The minimum absolute atomic E-state index is 0.0587. The van der Waals surface area contributed by atoms with E-state index in [0.717, 1.165) is 30.7 Å². The van der Waals surface area contributed by atoms with Crippen LogP contribution in [0, 0.1) is 12.7 Å². The number of halogens is 1. The molecule has 1 aromatic heterocycles. The number of nitrogens with one attached hydrogen (secondary N) is 1. The summed E-state index contributed by atoms with van der Waals surface area (Å²) in [6.45, 7) is 2.57. The number of ether oxygens (including phenoxy) is 1. The number of aromatic nitrogens is 3. The number of methoxy groups -OCH3 is 1. The fourth-order valence-electron chi connectivity index (χ4n) is 3.27. The van der Waals surface area contributed by atoms with Crippen molar-refractivity contribution >= 4 is 5.91 Å². The molecule has 1 aliphatic heterocycles. The van der Waals surface area contributed by atoms with E-state index >= 15 is 0 Å². The van der Waals surface area contributed by atoms with Gasteiger partial charge in [0.05, 0.1) is 13.2 Å². The van der Waals surface area contributed by atoms with Crippen LogP contribution < -0.4 is 4.74 Å². The Morgan fingerprint density at radius 1 is 1.44 bits per heavy atom. The van der Waals surface area contributed by atoms with Gasteiger partial charge in [0.15, 0.2) is 17.4 Å². The van der Waals surface area contributed by atoms with Gasteiger partial charge in [0.2, 0.25) is 5.91 Å². The summed E-state index contributed by atoms with van der Waals surface area (Å²) < 4.78 is 18.7. The summed E-state index contributed by atoms with van der Waals surface area (Å²) in [5, 5.41) is 7.08. The van der Waals surface area contributed by atoms with Gasteiger partial charge in [-0.3, -0.25) is 9.89 Å². The SMILES string of the molecule is COc1ccc(CCC(=O)N2CCCC[C@@H]2c2n[nH]c(C)n2)cc1F. The number of nitrogens with zero attached hydrogens (tertiary/aromatic N) is 3. The molecular weight excluding hydrogens is 323 g/mol. The summed E-state index contributed by atoms with van der Waals surface area (Å²) in [6.07, 6.45) is 3.76. The molecule has 0 radical (unpaired) electrons. The molecule has 1 fully saturated rings. The third-order valence-electron chi connectivity index (χ3n) is 4.58. The highest BCUT2D eigenvalue weighted by Gasteiger charge is 2.30. The van der Waals surface area contributed by atoms with Crippen LogP contribution in [-0.4, -0.2) is 39.6 Å². The van der Waals surface area contributed by atoms with Crippen LogP contribution >= 0.6 is 0 Å². The molecular formula is C18H23FN4O2. The van der Waals surface area contributed by atoms with Crippen LogP contribution in [0.25, 0.3) is 0 Å². The highest BCUT2D eigenvalue weighted by Crippen LogP contribution is 2.29. The third kappa shape index (κ3) is 3.97. The zero-order chi connectivity index (χ0) is 17.8. The zero-order valence-electron chi connectivity index (χ0n) is 14.6. The second-order valence-corrected chi connectivity index (χ2v) is 6.35. The number of benzene rings is 1. The number of amides is 1. The van der Waals surface area contributed by atoms with Crippen molar-refractivity contribution in [3.63, 3.8) is 0 Å². The highest BCUT2D eigenvalue weighted by atomic mass is 19.1. The molecule has 0 spiro atoms. The number of hydrogen-bond donors (Lipinski definition) is 1. The number of aryl methyl sites for hydroxylation is 2. The Morgan fingerprint density at radius 3 is 2.96 bits per heavy atom. The minimum Gasteiger partial charge on any atom is -0.494 e. The second kappa shape index (κ2) is 7.63. The van der Waals surface area contributed by atoms with E-state index in [4.69, 9.17) is 4.74 Å². The van der Waals surface area contributed by atoms with Gasteiger partial charge in [-0.05, 0) is 50.3 Å². The number of hydrogen-bond acceptors (Lipinski definition) is 4. The first-order valence-electron chi connectivity index (χ1n) is 8.59. The lowest BCUT2D eigenvalue weighted by atomic mass is 10.00. The quantitative estimate of drug-likeness (QED) is 0.903. The van der Waals surface area contributed by atoms with E-state index in [1.807, 2.05) is 11.8 Å². The van der Waals surface area contributed by atoms with Gasteiger partial charge >= 0.3 is 0 Å². The number of rotatable bonds is 5. The normalized spacial score (nSPS) is 17.6. The van der Waals surface area contributed by atoms with Crippen molar-refractivity contribution < 1.29 is 13.9 Å². The molecule has 0 aliphatic carbocycles. The molecule has 134 valence electrons. The van der Waals surface area contributed by atoms with Crippen LogP contribution in [0.15, 0.2) is 18.2 Å². The lowest BCUT2D eigenvalue weighted by Crippen LogP contribution is -2.39. The number of piperidine rings is 1. The lowest BCUT2D eigenvalue weighted by Gasteiger charge is -2.34. The summed E-state index contributed by atoms with van der Waals surface area (Å²) >= 11 is 0. The van der Waals surface area contributed by atoms with E-state index in [-0.39, 0.29) is 17.7 Å². The average molecular weight is 346 g/mol.